The van der Waals surface area contributed by atoms with Gasteiger partial charge in [-0.15, -0.1) is 0 Å². The van der Waals surface area contributed by atoms with Crippen molar-refractivity contribution in [2.24, 2.45) is 5.92 Å². The maximum Gasteiger partial charge on any atom is 0.225 e. The number of fused-ring (bicyclic) bond motifs is 1. The predicted octanol–water partition coefficient (Wildman–Crippen LogP) is 2.89. The molecule has 134 valence electrons. The van der Waals surface area contributed by atoms with Crippen LogP contribution in [0.4, 0.5) is 0 Å². The molecular weight excluding hydrogens is 312 g/mol. The molecule has 2 aromatic rings. The standard InChI is InChI=1S/C20H28N4O/c1-2-3-10-24-18-7-5-4-6-17(18)21-19(24)15-22-11-13-23(14-12-22)20(25)16-8-9-16/h4-7,16H,2-3,8-15H2,1H3. The molecule has 1 aliphatic heterocycles. The fourth-order valence-corrected chi connectivity index (χ4v) is 3.73. The second-order valence-electron chi connectivity index (χ2n) is 7.40. The number of piperazine rings is 1. The minimum atomic E-state index is 0.338. The number of rotatable bonds is 6. The average molecular weight is 340 g/mol. The maximum absolute atomic E-state index is 12.2. The van der Waals surface area contributed by atoms with E-state index < -0.39 is 0 Å². The molecular formula is C20H28N4O. The van der Waals surface area contributed by atoms with Gasteiger partial charge in [0.25, 0.3) is 0 Å². The Morgan fingerprint density at radius 1 is 1.16 bits per heavy atom. The molecule has 4 rings (SSSR count). The quantitative estimate of drug-likeness (QED) is 0.812. The minimum absolute atomic E-state index is 0.338. The molecule has 1 saturated carbocycles. The molecule has 5 heteroatoms. The summed E-state index contributed by atoms with van der Waals surface area (Å²) in [4.78, 5) is 21.6. The molecule has 0 spiro atoms. The summed E-state index contributed by atoms with van der Waals surface area (Å²) >= 11 is 0. The highest BCUT2D eigenvalue weighted by Gasteiger charge is 2.34. The SMILES string of the molecule is CCCCn1c(CN2CCN(C(=O)C3CC3)CC2)nc2ccccc21. The van der Waals surface area contributed by atoms with Crippen molar-refractivity contribution in [3.63, 3.8) is 0 Å². The third-order valence-electron chi connectivity index (χ3n) is 5.44. The summed E-state index contributed by atoms with van der Waals surface area (Å²) in [5.74, 6) is 1.89. The third kappa shape index (κ3) is 3.56. The molecule has 5 nitrogen and oxygen atoms in total. The Hall–Kier alpha value is -1.88. The van der Waals surface area contributed by atoms with Crippen molar-refractivity contribution in [2.75, 3.05) is 26.2 Å². The summed E-state index contributed by atoms with van der Waals surface area (Å²) in [7, 11) is 0. The monoisotopic (exact) mass is 340 g/mol. The Morgan fingerprint density at radius 3 is 2.64 bits per heavy atom. The number of aromatic nitrogens is 2. The highest BCUT2D eigenvalue weighted by molar-refractivity contribution is 5.81. The molecule has 1 aromatic carbocycles. The first-order valence-corrected chi connectivity index (χ1v) is 9.71. The van der Waals surface area contributed by atoms with Crippen LogP contribution in [0, 0.1) is 5.92 Å². The van der Waals surface area contributed by atoms with Gasteiger partial charge in [0.1, 0.15) is 5.82 Å². The molecule has 0 radical (unpaired) electrons. The van der Waals surface area contributed by atoms with Crippen LogP contribution in [0.5, 0.6) is 0 Å². The molecule has 0 bridgehead atoms. The van der Waals surface area contributed by atoms with Gasteiger partial charge < -0.3 is 9.47 Å². The molecule has 1 aromatic heterocycles. The number of nitrogens with zero attached hydrogens (tertiary/aromatic N) is 4. The van der Waals surface area contributed by atoms with Crippen LogP contribution >= 0.6 is 0 Å². The molecule has 0 atom stereocenters. The highest BCUT2D eigenvalue weighted by Crippen LogP contribution is 2.31. The first kappa shape index (κ1) is 16.6. The molecule has 2 heterocycles. The number of aryl methyl sites for hydroxylation is 1. The Morgan fingerprint density at radius 2 is 1.92 bits per heavy atom. The Bertz CT molecular complexity index is 741. The van der Waals surface area contributed by atoms with Crippen LogP contribution < -0.4 is 0 Å². The number of unbranched alkanes of at least 4 members (excludes halogenated alkanes) is 1. The third-order valence-corrected chi connectivity index (χ3v) is 5.44. The first-order valence-electron chi connectivity index (χ1n) is 9.71. The summed E-state index contributed by atoms with van der Waals surface area (Å²) < 4.78 is 2.39. The van der Waals surface area contributed by atoms with Crippen molar-refractivity contribution in [1.29, 1.82) is 0 Å². The van der Waals surface area contributed by atoms with Crippen molar-refractivity contribution >= 4 is 16.9 Å². The van der Waals surface area contributed by atoms with E-state index in [1.807, 2.05) is 0 Å². The molecule has 0 N–H and O–H groups in total. The van der Waals surface area contributed by atoms with Crippen LogP contribution in [-0.4, -0.2) is 51.4 Å². The number of hydrogen-bond donors (Lipinski definition) is 0. The van der Waals surface area contributed by atoms with E-state index >= 15 is 0 Å². The fraction of sp³-hybridized carbons (Fsp3) is 0.600. The Labute approximate surface area is 149 Å². The van der Waals surface area contributed by atoms with Crippen molar-refractivity contribution in [3.8, 4) is 0 Å². The lowest BCUT2D eigenvalue weighted by Gasteiger charge is -2.34. The van der Waals surface area contributed by atoms with E-state index in [2.05, 4.69) is 45.6 Å². The van der Waals surface area contributed by atoms with Gasteiger partial charge in [-0.1, -0.05) is 25.5 Å². The zero-order valence-corrected chi connectivity index (χ0v) is 15.2. The number of benzene rings is 1. The van der Waals surface area contributed by atoms with Crippen LogP contribution in [0.1, 0.15) is 38.4 Å². The lowest BCUT2D eigenvalue weighted by molar-refractivity contribution is -0.134. The number of amides is 1. The van der Waals surface area contributed by atoms with Gasteiger partial charge in [-0.3, -0.25) is 9.69 Å². The van der Waals surface area contributed by atoms with Crippen LogP contribution in [-0.2, 0) is 17.9 Å². The fourth-order valence-electron chi connectivity index (χ4n) is 3.73. The van der Waals surface area contributed by atoms with E-state index in [1.165, 1.54) is 18.4 Å². The van der Waals surface area contributed by atoms with E-state index in [1.54, 1.807) is 0 Å². The zero-order valence-electron chi connectivity index (χ0n) is 15.2. The van der Waals surface area contributed by atoms with Gasteiger partial charge in [-0.2, -0.15) is 0 Å². The summed E-state index contributed by atoms with van der Waals surface area (Å²) in [6.07, 6.45) is 4.56. The smallest absolute Gasteiger partial charge is 0.225 e. The average Bonchev–Trinajstić information content (AvgIpc) is 3.43. The molecule has 2 aliphatic rings. The normalized spacial score (nSPS) is 18.8. The van der Waals surface area contributed by atoms with Crippen molar-refractivity contribution in [3.05, 3.63) is 30.1 Å². The molecule has 1 amide bonds. The van der Waals surface area contributed by atoms with Gasteiger partial charge in [0.2, 0.25) is 5.91 Å². The van der Waals surface area contributed by atoms with Crippen LogP contribution in [0.15, 0.2) is 24.3 Å². The number of hydrogen-bond acceptors (Lipinski definition) is 3. The van der Waals surface area contributed by atoms with E-state index in [0.717, 1.165) is 63.5 Å². The molecule has 2 fully saturated rings. The molecule has 1 aliphatic carbocycles. The Kier molecular flexibility index (Phi) is 4.75. The predicted molar refractivity (Wildman–Crippen MR) is 99.2 cm³/mol. The summed E-state index contributed by atoms with van der Waals surface area (Å²) in [5, 5.41) is 0. The summed E-state index contributed by atoms with van der Waals surface area (Å²) in [6.45, 7) is 7.78. The van der Waals surface area contributed by atoms with Crippen molar-refractivity contribution in [1.82, 2.24) is 19.4 Å². The number of imidazole rings is 1. The topological polar surface area (TPSA) is 41.4 Å². The lowest BCUT2D eigenvalue weighted by atomic mass is 10.2. The van der Waals surface area contributed by atoms with Gasteiger partial charge in [0.15, 0.2) is 0 Å². The van der Waals surface area contributed by atoms with Gasteiger partial charge in [0, 0.05) is 38.6 Å². The molecule has 25 heavy (non-hydrogen) atoms. The van der Waals surface area contributed by atoms with Crippen molar-refractivity contribution in [2.45, 2.75) is 45.7 Å². The van der Waals surface area contributed by atoms with Crippen LogP contribution in [0.3, 0.4) is 0 Å². The van der Waals surface area contributed by atoms with E-state index in [9.17, 15) is 4.79 Å². The molecule has 0 unspecified atom stereocenters. The second kappa shape index (κ2) is 7.16. The molecule has 1 saturated heterocycles. The minimum Gasteiger partial charge on any atom is -0.340 e. The lowest BCUT2D eigenvalue weighted by Crippen LogP contribution is -2.49. The van der Waals surface area contributed by atoms with Crippen LogP contribution in [0.25, 0.3) is 11.0 Å². The van der Waals surface area contributed by atoms with Crippen molar-refractivity contribution < 1.29 is 4.79 Å². The van der Waals surface area contributed by atoms with Gasteiger partial charge in [-0.05, 0) is 31.4 Å². The van der Waals surface area contributed by atoms with Gasteiger partial charge in [-0.25, -0.2) is 4.98 Å². The van der Waals surface area contributed by atoms with E-state index in [4.69, 9.17) is 4.98 Å². The first-order chi connectivity index (χ1) is 12.3. The highest BCUT2D eigenvalue weighted by atomic mass is 16.2. The number of para-hydroxylation sites is 2. The zero-order chi connectivity index (χ0) is 17.2. The second-order valence-corrected chi connectivity index (χ2v) is 7.40. The summed E-state index contributed by atoms with van der Waals surface area (Å²) in [5.41, 5.74) is 2.34. The maximum atomic E-state index is 12.2. The van der Waals surface area contributed by atoms with E-state index in [0.29, 0.717) is 11.8 Å². The van der Waals surface area contributed by atoms with Crippen LogP contribution in [0.2, 0.25) is 0 Å². The van der Waals surface area contributed by atoms with Gasteiger partial charge >= 0.3 is 0 Å². The largest absolute Gasteiger partial charge is 0.340 e. The Balaban J connectivity index is 1.44. The number of carbonyl (C=O) groups is 1. The summed E-state index contributed by atoms with van der Waals surface area (Å²) in [6, 6.07) is 8.44. The number of carbonyl (C=O) groups excluding carboxylic acids is 1. The van der Waals surface area contributed by atoms with Gasteiger partial charge in [0.05, 0.1) is 17.6 Å². The van der Waals surface area contributed by atoms with E-state index in [-0.39, 0.29) is 0 Å².